The van der Waals surface area contributed by atoms with E-state index in [2.05, 4.69) is 10.2 Å². The molecule has 0 saturated carbocycles. The van der Waals surface area contributed by atoms with E-state index in [-0.39, 0.29) is 6.10 Å². The van der Waals surface area contributed by atoms with Crippen LogP contribution in [0.25, 0.3) is 5.69 Å². The summed E-state index contributed by atoms with van der Waals surface area (Å²) in [6, 6.07) is 9.86. The van der Waals surface area contributed by atoms with Gasteiger partial charge in [-0.15, -0.1) is 0 Å². The average molecular weight is 263 g/mol. The van der Waals surface area contributed by atoms with Crippen LogP contribution in [0.5, 0.6) is 0 Å². The minimum absolute atomic E-state index is 0.174. The highest BCUT2D eigenvalue weighted by Crippen LogP contribution is 2.22. The molecule has 6 heteroatoms. The van der Waals surface area contributed by atoms with Crippen molar-refractivity contribution in [3.8, 4) is 5.69 Å². The first-order valence-electron chi connectivity index (χ1n) is 5.78. The summed E-state index contributed by atoms with van der Waals surface area (Å²) in [6.45, 7) is 1.72. The highest BCUT2D eigenvalue weighted by Gasteiger charge is 2.23. The number of H-pyrrole nitrogens is 1. The van der Waals surface area contributed by atoms with Crippen molar-refractivity contribution in [3.63, 3.8) is 0 Å². The summed E-state index contributed by atoms with van der Waals surface area (Å²) in [6.07, 6.45) is -0.174. The normalized spacial score (nSPS) is 19.9. The lowest BCUT2D eigenvalue weighted by Gasteiger charge is -2.22. The van der Waals surface area contributed by atoms with Gasteiger partial charge in [0, 0.05) is 5.69 Å². The molecule has 1 aromatic carbocycles. The number of aromatic nitrogens is 3. The molecule has 0 radical (unpaired) electrons. The molecule has 1 fully saturated rings. The lowest BCUT2D eigenvalue weighted by Crippen LogP contribution is -2.24. The Hall–Kier alpha value is -1.50. The lowest BCUT2D eigenvalue weighted by molar-refractivity contribution is -0.0941. The Bertz CT molecular complexity index is 573. The van der Waals surface area contributed by atoms with Crippen LogP contribution in [-0.4, -0.2) is 34.6 Å². The van der Waals surface area contributed by atoms with Gasteiger partial charge in [0.25, 0.3) is 0 Å². The molecular weight excluding hydrogens is 250 g/mol. The zero-order valence-corrected chi connectivity index (χ0v) is 10.5. The van der Waals surface area contributed by atoms with E-state index in [1.54, 1.807) is 0 Å². The third-order valence-corrected chi connectivity index (χ3v) is 3.09. The molecule has 2 aromatic rings. The highest BCUT2D eigenvalue weighted by atomic mass is 32.1. The molecule has 1 aliphatic heterocycles. The summed E-state index contributed by atoms with van der Waals surface area (Å²) >= 11 is 5.27. The van der Waals surface area contributed by atoms with Crippen LogP contribution < -0.4 is 0 Å². The summed E-state index contributed by atoms with van der Waals surface area (Å²) in [5.41, 5.74) is 0.973. The Balaban J connectivity index is 2.04. The maximum absolute atomic E-state index is 5.66. The molecule has 5 nitrogen and oxygen atoms in total. The van der Waals surface area contributed by atoms with Crippen LogP contribution in [0.2, 0.25) is 0 Å². The SMILES string of the molecule is S=c1[nH]nc(C2COCCO2)n1-c1ccccc1. The number of nitrogens with one attached hydrogen (secondary N) is 1. The van der Waals surface area contributed by atoms with Gasteiger partial charge in [-0.05, 0) is 24.4 Å². The predicted molar refractivity (Wildman–Crippen MR) is 68.3 cm³/mol. The van der Waals surface area contributed by atoms with Crippen molar-refractivity contribution >= 4 is 12.2 Å². The third kappa shape index (κ3) is 2.10. The zero-order valence-electron chi connectivity index (χ0n) is 9.70. The number of rotatable bonds is 2. The molecule has 1 unspecified atom stereocenters. The van der Waals surface area contributed by atoms with Gasteiger partial charge in [-0.1, -0.05) is 18.2 Å². The maximum atomic E-state index is 5.66. The van der Waals surface area contributed by atoms with Gasteiger partial charge < -0.3 is 9.47 Å². The van der Waals surface area contributed by atoms with Gasteiger partial charge in [-0.3, -0.25) is 9.67 Å². The first-order valence-corrected chi connectivity index (χ1v) is 6.19. The van der Waals surface area contributed by atoms with E-state index in [9.17, 15) is 0 Å². The largest absolute Gasteiger partial charge is 0.376 e. The molecule has 1 saturated heterocycles. The van der Waals surface area contributed by atoms with Gasteiger partial charge in [-0.2, -0.15) is 5.10 Å². The van der Waals surface area contributed by atoms with Gasteiger partial charge in [0.05, 0.1) is 19.8 Å². The fourth-order valence-corrected chi connectivity index (χ4v) is 2.23. The van der Waals surface area contributed by atoms with E-state index in [0.717, 1.165) is 11.5 Å². The third-order valence-electron chi connectivity index (χ3n) is 2.82. The Morgan fingerprint density at radius 2 is 2.11 bits per heavy atom. The molecule has 94 valence electrons. The van der Waals surface area contributed by atoms with Gasteiger partial charge in [0.2, 0.25) is 0 Å². The van der Waals surface area contributed by atoms with Crippen LogP contribution in [0, 0.1) is 4.77 Å². The van der Waals surface area contributed by atoms with Gasteiger partial charge in [0.1, 0.15) is 6.10 Å². The van der Waals surface area contributed by atoms with Crippen molar-refractivity contribution in [3.05, 3.63) is 40.9 Å². The fraction of sp³-hybridized carbons (Fsp3) is 0.333. The molecule has 2 heterocycles. The number of nitrogens with zero attached hydrogens (tertiary/aromatic N) is 2. The quantitative estimate of drug-likeness (QED) is 0.842. The van der Waals surface area contributed by atoms with Crippen molar-refractivity contribution in [1.29, 1.82) is 0 Å². The number of para-hydroxylation sites is 1. The number of aromatic amines is 1. The van der Waals surface area contributed by atoms with Crippen molar-refractivity contribution < 1.29 is 9.47 Å². The minimum atomic E-state index is -0.174. The average Bonchev–Trinajstić information content (AvgIpc) is 2.83. The maximum Gasteiger partial charge on any atom is 0.199 e. The topological polar surface area (TPSA) is 52.1 Å². The van der Waals surface area contributed by atoms with Gasteiger partial charge >= 0.3 is 0 Å². The molecule has 1 atom stereocenters. The molecule has 1 aromatic heterocycles. The molecule has 18 heavy (non-hydrogen) atoms. The number of benzene rings is 1. The highest BCUT2D eigenvalue weighted by molar-refractivity contribution is 7.71. The second-order valence-electron chi connectivity index (χ2n) is 3.99. The summed E-state index contributed by atoms with van der Waals surface area (Å²) in [5, 5.41) is 7.07. The number of hydrogen-bond acceptors (Lipinski definition) is 4. The molecule has 1 aliphatic rings. The smallest absolute Gasteiger partial charge is 0.199 e. The molecule has 0 aliphatic carbocycles. The molecule has 0 spiro atoms. The Morgan fingerprint density at radius 3 is 2.83 bits per heavy atom. The van der Waals surface area contributed by atoms with E-state index in [4.69, 9.17) is 21.7 Å². The van der Waals surface area contributed by atoms with Crippen LogP contribution in [0.4, 0.5) is 0 Å². The van der Waals surface area contributed by atoms with Crippen molar-refractivity contribution in [2.24, 2.45) is 0 Å². The van der Waals surface area contributed by atoms with E-state index in [0.29, 0.717) is 24.6 Å². The predicted octanol–water partition coefficient (Wildman–Crippen LogP) is 2.02. The second-order valence-corrected chi connectivity index (χ2v) is 4.38. The standard InChI is InChI=1S/C12H13N3O2S/c18-12-14-13-11(10-8-16-6-7-17-10)15(12)9-4-2-1-3-5-9/h1-5,10H,6-8H2,(H,14,18). The Kier molecular flexibility index (Phi) is 3.22. The van der Waals surface area contributed by atoms with Crippen LogP contribution in [0.1, 0.15) is 11.9 Å². The van der Waals surface area contributed by atoms with Gasteiger partial charge in [-0.25, -0.2) is 0 Å². The zero-order chi connectivity index (χ0) is 12.4. The van der Waals surface area contributed by atoms with Gasteiger partial charge in [0.15, 0.2) is 10.6 Å². The van der Waals surface area contributed by atoms with Crippen LogP contribution in [0.3, 0.4) is 0 Å². The summed E-state index contributed by atoms with van der Waals surface area (Å²) in [4.78, 5) is 0. The van der Waals surface area contributed by atoms with E-state index < -0.39 is 0 Å². The van der Waals surface area contributed by atoms with Crippen LogP contribution in [-0.2, 0) is 9.47 Å². The van der Waals surface area contributed by atoms with Crippen LogP contribution >= 0.6 is 12.2 Å². The first-order chi connectivity index (χ1) is 8.86. The Labute approximate surface area is 109 Å². The molecule has 0 amide bonds. The second kappa shape index (κ2) is 5.01. The summed E-state index contributed by atoms with van der Waals surface area (Å²) < 4.78 is 13.5. The van der Waals surface area contributed by atoms with Crippen molar-refractivity contribution in [2.45, 2.75) is 6.10 Å². The monoisotopic (exact) mass is 263 g/mol. The molecular formula is C12H13N3O2S. The minimum Gasteiger partial charge on any atom is -0.376 e. The molecule has 0 bridgehead atoms. The first kappa shape index (κ1) is 11.6. The van der Waals surface area contributed by atoms with E-state index in [1.807, 2.05) is 34.9 Å². The van der Waals surface area contributed by atoms with E-state index >= 15 is 0 Å². The number of hydrogen-bond donors (Lipinski definition) is 1. The molecule has 1 N–H and O–H groups in total. The van der Waals surface area contributed by atoms with E-state index in [1.165, 1.54) is 0 Å². The Morgan fingerprint density at radius 1 is 1.28 bits per heavy atom. The summed E-state index contributed by atoms with van der Waals surface area (Å²) in [5.74, 6) is 0.755. The van der Waals surface area contributed by atoms with Crippen molar-refractivity contribution in [2.75, 3.05) is 19.8 Å². The lowest BCUT2D eigenvalue weighted by atomic mass is 10.3. The fourth-order valence-electron chi connectivity index (χ4n) is 1.99. The number of ether oxygens (including phenoxy) is 2. The summed E-state index contributed by atoms with van der Waals surface area (Å²) in [7, 11) is 0. The molecule has 3 rings (SSSR count). The van der Waals surface area contributed by atoms with Crippen LogP contribution in [0.15, 0.2) is 30.3 Å². The van der Waals surface area contributed by atoms with Crippen molar-refractivity contribution in [1.82, 2.24) is 14.8 Å².